The summed E-state index contributed by atoms with van der Waals surface area (Å²) >= 11 is 0. The summed E-state index contributed by atoms with van der Waals surface area (Å²) < 4.78 is 40.3. The number of nitrogens with zero attached hydrogens (tertiary/aromatic N) is 5. The lowest BCUT2D eigenvalue weighted by atomic mass is 9.78. The zero-order chi connectivity index (χ0) is 24.8. The molecule has 0 bridgehead atoms. The number of hydrogen-bond donors (Lipinski definition) is 2. The van der Waals surface area contributed by atoms with Crippen LogP contribution in [-0.4, -0.2) is 56.6 Å². The number of nitrogens with one attached hydrogen (secondary N) is 2. The molecule has 1 aliphatic rings. The Hall–Kier alpha value is -3.57. The molecule has 3 aromatic rings. The van der Waals surface area contributed by atoms with Crippen LogP contribution >= 0.6 is 0 Å². The Morgan fingerprint density at radius 3 is 2.76 bits per heavy atom. The molecule has 34 heavy (non-hydrogen) atoms. The molecular weight excluding hydrogens is 451 g/mol. The maximum Gasteiger partial charge on any atom is 0.417 e. The molecular formula is C22H26F3N7O2. The van der Waals surface area contributed by atoms with Crippen LogP contribution in [0.5, 0.6) is 0 Å². The van der Waals surface area contributed by atoms with E-state index in [1.54, 1.807) is 19.4 Å². The second kappa shape index (κ2) is 8.33. The Morgan fingerprint density at radius 2 is 2.09 bits per heavy atom. The van der Waals surface area contributed by atoms with Gasteiger partial charge in [-0.15, -0.1) is 0 Å². The summed E-state index contributed by atoms with van der Waals surface area (Å²) in [6.45, 7) is 5.23. The van der Waals surface area contributed by atoms with Crippen molar-refractivity contribution < 1.29 is 18.0 Å². The van der Waals surface area contributed by atoms with E-state index in [0.29, 0.717) is 37.4 Å². The fourth-order valence-electron chi connectivity index (χ4n) is 4.53. The molecule has 1 fully saturated rings. The molecule has 1 saturated heterocycles. The van der Waals surface area contributed by atoms with E-state index in [0.717, 1.165) is 15.9 Å². The average molecular weight is 477 g/mol. The highest BCUT2D eigenvalue weighted by atomic mass is 19.4. The van der Waals surface area contributed by atoms with Crippen molar-refractivity contribution >= 4 is 28.7 Å². The van der Waals surface area contributed by atoms with E-state index in [1.165, 1.54) is 11.9 Å². The molecule has 4 heterocycles. The van der Waals surface area contributed by atoms with Crippen LogP contribution in [0.15, 0.2) is 35.5 Å². The second-order valence-electron chi connectivity index (χ2n) is 9.25. The van der Waals surface area contributed by atoms with Crippen LogP contribution in [0.3, 0.4) is 0 Å². The fourth-order valence-corrected chi connectivity index (χ4v) is 4.53. The summed E-state index contributed by atoms with van der Waals surface area (Å²) in [6, 6.07) is 1.65. The van der Waals surface area contributed by atoms with E-state index in [9.17, 15) is 22.8 Å². The number of alkyl halides is 3. The number of aromatic nitrogens is 4. The monoisotopic (exact) mass is 477 g/mol. The average Bonchev–Trinajstić information content (AvgIpc) is 3.22. The molecule has 9 nitrogen and oxygen atoms in total. The fraction of sp³-hybridized carbons (Fsp3) is 0.455. The number of pyridine rings is 1. The first-order valence-electron chi connectivity index (χ1n) is 10.7. The normalized spacial score (nSPS) is 18.2. The maximum absolute atomic E-state index is 13.2. The van der Waals surface area contributed by atoms with Crippen molar-refractivity contribution in [2.24, 2.45) is 12.5 Å². The largest absolute Gasteiger partial charge is 0.417 e. The summed E-state index contributed by atoms with van der Waals surface area (Å²) in [4.78, 5) is 40.9. The van der Waals surface area contributed by atoms with Gasteiger partial charge in [0.2, 0.25) is 0 Å². The lowest BCUT2D eigenvalue weighted by molar-refractivity contribution is -0.138. The van der Waals surface area contributed by atoms with E-state index in [4.69, 9.17) is 0 Å². The van der Waals surface area contributed by atoms with Gasteiger partial charge in [0.05, 0.1) is 11.8 Å². The molecule has 182 valence electrons. The van der Waals surface area contributed by atoms with Gasteiger partial charge in [-0.3, -0.25) is 4.79 Å². The van der Waals surface area contributed by atoms with Crippen LogP contribution in [0.25, 0.3) is 11.2 Å². The number of carbonyl (C=O) groups excluding carboxylic acids is 1. The molecule has 3 aromatic heterocycles. The van der Waals surface area contributed by atoms with Crippen LogP contribution in [-0.2, 0) is 13.2 Å². The smallest absolute Gasteiger partial charge is 0.355 e. The molecule has 12 heteroatoms. The Labute approximate surface area is 193 Å². The van der Waals surface area contributed by atoms with Gasteiger partial charge in [-0.05, 0) is 18.6 Å². The number of aromatic amines is 1. The second-order valence-corrected chi connectivity index (χ2v) is 9.25. The van der Waals surface area contributed by atoms with Crippen molar-refractivity contribution in [3.8, 4) is 0 Å². The summed E-state index contributed by atoms with van der Waals surface area (Å²) in [5, 5.41) is 2.37. The number of amides is 2. The number of rotatable bonds is 3. The van der Waals surface area contributed by atoms with Crippen molar-refractivity contribution in [3.05, 3.63) is 46.6 Å². The number of anilines is 2. The zero-order valence-electron chi connectivity index (χ0n) is 19.3. The topological polar surface area (TPSA) is 99.1 Å². The standard InChI is InChI=1S/C22H26F3N7O2/c1-21(2)12-32(17-10-27-18-14(28-17)5-7-26-18)8-6-16(21)31(4)20(34)29-15-9-13(22(23,24)25)11-30(3)19(15)33/h5,7,9-11,16H,6,8,12H2,1-4H3,(H,26,27)(H,29,34)/t16-/m0/s1. The van der Waals surface area contributed by atoms with Crippen LogP contribution in [0.4, 0.5) is 29.5 Å². The summed E-state index contributed by atoms with van der Waals surface area (Å²) in [5.74, 6) is 0.734. The van der Waals surface area contributed by atoms with Gasteiger partial charge in [0.25, 0.3) is 5.56 Å². The van der Waals surface area contributed by atoms with Gasteiger partial charge in [-0.25, -0.2) is 14.8 Å². The van der Waals surface area contributed by atoms with Gasteiger partial charge in [-0.2, -0.15) is 13.2 Å². The Balaban J connectivity index is 1.50. The third kappa shape index (κ3) is 4.44. The lowest BCUT2D eigenvalue weighted by Crippen LogP contribution is -2.57. The van der Waals surface area contributed by atoms with Gasteiger partial charge < -0.3 is 24.7 Å². The Bertz CT molecular complexity index is 1280. The minimum atomic E-state index is -4.64. The number of H-pyrrole nitrogens is 1. The third-order valence-electron chi connectivity index (χ3n) is 6.29. The summed E-state index contributed by atoms with van der Waals surface area (Å²) in [7, 11) is 2.80. The molecule has 0 unspecified atom stereocenters. The van der Waals surface area contributed by atoms with Crippen molar-refractivity contribution in [2.75, 3.05) is 30.4 Å². The quantitative estimate of drug-likeness (QED) is 0.602. The molecule has 0 aromatic carbocycles. The van der Waals surface area contributed by atoms with Crippen molar-refractivity contribution in [3.63, 3.8) is 0 Å². The minimum Gasteiger partial charge on any atom is -0.355 e. The van der Waals surface area contributed by atoms with Gasteiger partial charge in [-0.1, -0.05) is 13.8 Å². The first-order chi connectivity index (χ1) is 15.9. The molecule has 1 atom stereocenters. The number of hydrogen-bond acceptors (Lipinski definition) is 5. The molecule has 1 aliphatic heterocycles. The van der Waals surface area contributed by atoms with Crippen molar-refractivity contribution in [1.82, 2.24) is 24.4 Å². The van der Waals surface area contributed by atoms with Gasteiger partial charge in [0.1, 0.15) is 17.0 Å². The number of aryl methyl sites for hydroxylation is 1. The van der Waals surface area contributed by atoms with E-state index in [-0.39, 0.29) is 11.5 Å². The lowest BCUT2D eigenvalue weighted by Gasteiger charge is -2.48. The maximum atomic E-state index is 13.2. The molecule has 0 aliphatic carbocycles. The molecule has 0 saturated carbocycles. The van der Waals surface area contributed by atoms with Gasteiger partial charge in [0, 0.05) is 51.0 Å². The summed E-state index contributed by atoms with van der Waals surface area (Å²) in [5.41, 5.74) is -1.06. The number of carbonyl (C=O) groups is 1. The predicted octanol–water partition coefficient (Wildman–Crippen LogP) is 3.44. The number of urea groups is 1. The number of fused-ring (bicyclic) bond motifs is 1. The van der Waals surface area contributed by atoms with Gasteiger partial charge >= 0.3 is 12.2 Å². The van der Waals surface area contributed by atoms with Crippen LogP contribution in [0.2, 0.25) is 0 Å². The van der Waals surface area contributed by atoms with Gasteiger partial charge in [0.15, 0.2) is 5.65 Å². The molecule has 2 amide bonds. The molecule has 0 radical (unpaired) electrons. The Kier molecular flexibility index (Phi) is 5.78. The molecule has 4 rings (SSSR count). The van der Waals surface area contributed by atoms with E-state index < -0.39 is 29.0 Å². The van der Waals surface area contributed by atoms with Crippen LogP contribution in [0, 0.1) is 5.41 Å². The van der Waals surface area contributed by atoms with E-state index in [2.05, 4.69) is 25.2 Å². The highest BCUT2D eigenvalue weighted by molar-refractivity contribution is 5.89. The number of piperidine rings is 1. The number of halogens is 3. The minimum absolute atomic E-state index is 0.220. The highest BCUT2D eigenvalue weighted by Crippen LogP contribution is 2.35. The zero-order valence-corrected chi connectivity index (χ0v) is 19.3. The predicted molar refractivity (Wildman–Crippen MR) is 122 cm³/mol. The third-order valence-corrected chi connectivity index (χ3v) is 6.29. The van der Waals surface area contributed by atoms with Crippen molar-refractivity contribution in [1.29, 1.82) is 0 Å². The first-order valence-corrected chi connectivity index (χ1v) is 10.7. The van der Waals surface area contributed by atoms with Crippen LogP contribution < -0.4 is 15.8 Å². The molecule has 2 N–H and O–H groups in total. The SMILES string of the molecule is CN(C(=O)Nc1cc(C(F)(F)F)cn(C)c1=O)[C@H]1CCN(c2cnc3[nH]ccc3n2)CC1(C)C. The summed E-state index contributed by atoms with van der Waals surface area (Å²) in [6.07, 6.45) is 0.140. The van der Waals surface area contributed by atoms with Crippen molar-refractivity contribution in [2.45, 2.75) is 32.5 Å². The highest BCUT2D eigenvalue weighted by Gasteiger charge is 2.40. The van der Waals surface area contributed by atoms with E-state index >= 15 is 0 Å². The van der Waals surface area contributed by atoms with E-state index in [1.807, 2.05) is 19.9 Å². The Morgan fingerprint density at radius 1 is 1.35 bits per heavy atom. The first kappa shape index (κ1) is 23.6. The molecule has 0 spiro atoms. The van der Waals surface area contributed by atoms with Crippen LogP contribution in [0.1, 0.15) is 25.8 Å².